The van der Waals surface area contributed by atoms with Crippen molar-refractivity contribution in [3.8, 4) is 0 Å². The number of nitrogens with one attached hydrogen (secondary N) is 1. The molecule has 6 nitrogen and oxygen atoms in total. The number of hydrogen-bond acceptors (Lipinski definition) is 5. The number of carbonyl (C=O) groups is 2. The summed E-state index contributed by atoms with van der Waals surface area (Å²) >= 11 is 1.63. The maximum atomic E-state index is 12.2. The number of thioether (sulfide) groups is 1. The van der Waals surface area contributed by atoms with E-state index in [9.17, 15) is 9.59 Å². The lowest BCUT2D eigenvalue weighted by Gasteiger charge is -2.35. The third-order valence-electron chi connectivity index (χ3n) is 3.10. The average Bonchev–Trinajstić information content (AvgIpc) is 2.41. The minimum atomic E-state index is -0.589. The number of amides is 2. The Bertz CT molecular complexity index is 330. The highest BCUT2D eigenvalue weighted by molar-refractivity contribution is 7.98. The molecule has 0 unspecified atom stereocenters. The topological polar surface area (TPSA) is 67.9 Å². The van der Waals surface area contributed by atoms with E-state index in [0.29, 0.717) is 19.5 Å². The van der Waals surface area contributed by atoms with Gasteiger partial charge in [-0.15, -0.1) is 0 Å². The van der Waals surface area contributed by atoms with Gasteiger partial charge in [0.2, 0.25) is 0 Å². The molecule has 1 aliphatic heterocycles. The van der Waals surface area contributed by atoms with Crippen LogP contribution in [0.1, 0.15) is 20.3 Å². The first kappa shape index (κ1) is 17.1. The number of hydrogen-bond donors (Lipinski definition) is 1. The van der Waals surface area contributed by atoms with E-state index in [-0.39, 0.29) is 18.2 Å². The summed E-state index contributed by atoms with van der Waals surface area (Å²) in [5.41, 5.74) is 0. The molecule has 3 atom stereocenters. The van der Waals surface area contributed by atoms with Crippen LogP contribution in [0.3, 0.4) is 0 Å². The molecule has 0 radical (unpaired) electrons. The second kappa shape index (κ2) is 8.36. The largest absolute Gasteiger partial charge is 0.467 e. The molecule has 2 amide bonds. The fourth-order valence-electron chi connectivity index (χ4n) is 2.21. The van der Waals surface area contributed by atoms with Gasteiger partial charge in [0, 0.05) is 13.1 Å². The molecule has 1 N–H and O–H groups in total. The van der Waals surface area contributed by atoms with Crippen molar-refractivity contribution in [2.75, 3.05) is 32.2 Å². The lowest BCUT2D eigenvalue weighted by atomic mass is 10.2. The van der Waals surface area contributed by atoms with E-state index in [1.165, 1.54) is 7.11 Å². The van der Waals surface area contributed by atoms with E-state index < -0.39 is 12.0 Å². The Balaban J connectivity index is 2.57. The standard InChI is InChI=1S/C13H24N2O4S/c1-9-7-15(8-10(2)19-9)13(17)14-11(5-6-20-4)12(16)18-3/h9-11H,5-8H2,1-4H3,(H,14,17)/t9-,10-,11+/m0/s1. The monoisotopic (exact) mass is 304 g/mol. The minimum absolute atomic E-state index is 0.00674. The molecule has 0 aromatic rings. The van der Waals surface area contributed by atoms with Crippen LogP contribution in [0.25, 0.3) is 0 Å². The van der Waals surface area contributed by atoms with Crippen LogP contribution in [0.5, 0.6) is 0 Å². The Morgan fingerprint density at radius 2 is 2.00 bits per heavy atom. The Kier molecular flexibility index (Phi) is 7.15. The molecule has 20 heavy (non-hydrogen) atoms. The summed E-state index contributed by atoms with van der Waals surface area (Å²) in [6.07, 6.45) is 2.54. The summed E-state index contributed by atoms with van der Waals surface area (Å²) in [6.45, 7) is 4.93. The van der Waals surface area contributed by atoms with Crippen molar-refractivity contribution < 1.29 is 19.1 Å². The van der Waals surface area contributed by atoms with Crippen LogP contribution in [0, 0.1) is 0 Å². The zero-order chi connectivity index (χ0) is 15.1. The van der Waals surface area contributed by atoms with Gasteiger partial charge < -0.3 is 19.7 Å². The normalized spacial score (nSPS) is 24.1. The molecule has 0 aromatic carbocycles. The summed E-state index contributed by atoms with van der Waals surface area (Å²) in [5.74, 6) is 0.387. The van der Waals surface area contributed by atoms with Crippen LogP contribution in [-0.2, 0) is 14.3 Å². The first-order chi connectivity index (χ1) is 9.47. The predicted octanol–water partition coefficient (Wildman–Crippen LogP) is 1.10. The molecule has 0 bridgehead atoms. The van der Waals surface area contributed by atoms with Crippen molar-refractivity contribution in [1.29, 1.82) is 0 Å². The minimum Gasteiger partial charge on any atom is -0.467 e. The van der Waals surface area contributed by atoms with E-state index in [1.807, 2.05) is 20.1 Å². The van der Waals surface area contributed by atoms with E-state index in [4.69, 9.17) is 9.47 Å². The second-order valence-electron chi connectivity index (χ2n) is 4.97. The van der Waals surface area contributed by atoms with Gasteiger partial charge in [-0.2, -0.15) is 11.8 Å². The zero-order valence-electron chi connectivity index (χ0n) is 12.5. The fraction of sp³-hybridized carbons (Fsp3) is 0.846. The van der Waals surface area contributed by atoms with Gasteiger partial charge in [-0.1, -0.05) is 0 Å². The molecule has 7 heteroatoms. The van der Waals surface area contributed by atoms with Crippen LogP contribution >= 0.6 is 11.8 Å². The number of carbonyl (C=O) groups excluding carboxylic acids is 2. The van der Waals surface area contributed by atoms with Gasteiger partial charge in [-0.25, -0.2) is 9.59 Å². The number of urea groups is 1. The Hall–Kier alpha value is -0.950. The Labute approximate surface area is 124 Å². The molecule has 1 rings (SSSR count). The molecular formula is C13H24N2O4S. The van der Waals surface area contributed by atoms with Crippen molar-refractivity contribution in [3.63, 3.8) is 0 Å². The highest BCUT2D eigenvalue weighted by Crippen LogP contribution is 2.11. The van der Waals surface area contributed by atoms with Crippen LogP contribution in [0.2, 0.25) is 0 Å². The molecule has 116 valence electrons. The lowest BCUT2D eigenvalue weighted by Crippen LogP contribution is -2.55. The van der Waals surface area contributed by atoms with Gasteiger partial charge >= 0.3 is 12.0 Å². The summed E-state index contributed by atoms with van der Waals surface area (Å²) < 4.78 is 10.3. The molecule has 0 saturated carbocycles. The summed E-state index contributed by atoms with van der Waals surface area (Å²) in [5, 5.41) is 2.76. The number of nitrogens with zero attached hydrogens (tertiary/aromatic N) is 1. The van der Waals surface area contributed by atoms with Crippen LogP contribution < -0.4 is 5.32 Å². The van der Waals surface area contributed by atoms with E-state index in [0.717, 1.165) is 5.75 Å². The summed E-state index contributed by atoms with van der Waals surface area (Å²) in [7, 11) is 1.33. The maximum Gasteiger partial charge on any atom is 0.328 e. The fourth-order valence-corrected chi connectivity index (χ4v) is 2.68. The van der Waals surface area contributed by atoms with Crippen molar-refractivity contribution in [3.05, 3.63) is 0 Å². The number of methoxy groups -OCH3 is 1. The average molecular weight is 304 g/mol. The Morgan fingerprint density at radius 3 is 2.50 bits per heavy atom. The van der Waals surface area contributed by atoms with Crippen LogP contribution in [0.4, 0.5) is 4.79 Å². The summed E-state index contributed by atoms with van der Waals surface area (Å²) in [4.78, 5) is 25.6. The number of rotatable bonds is 5. The SMILES string of the molecule is COC(=O)[C@@H](CCSC)NC(=O)N1C[C@H](C)O[C@@H](C)C1. The molecule has 1 saturated heterocycles. The number of ether oxygens (including phenoxy) is 2. The lowest BCUT2D eigenvalue weighted by molar-refractivity contribution is -0.143. The molecule has 1 heterocycles. The maximum absolute atomic E-state index is 12.2. The number of morpholine rings is 1. The van der Waals surface area contributed by atoms with Crippen LogP contribution in [-0.4, -0.2) is 67.4 Å². The highest BCUT2D eigenvalue weighted by atomic mass is 32.2. The smallest absolute Gasteiger partial charge is 0.328 e. The van der Waals surface area contributed by atoms with Crippen molar-refractivity contribution in [1.82, 2.24) is 10.2 Å². The van der Waals surface area contributed by atoms with Gasteiger partial charge in [0.15, 0.2) is 0 Å². The molecule has 0 spiro atoms. The highest BCUT2D eigenvalue weighted by Gasteiger charge is 2.29. The zero-order valence-corrected chi connectivity index (χ0v) is 13.4. The van der Waals surface area contributed by atoms with Crippen LogP contribution in [0.15, 0.2) is 0 Å². The molecule has 1 aliphatic rings. The quantitative estimate of drug-likeness (QED) is 0.770. The van der Waals surface area contributed by atoms with Gasteiger partial charge in [0.1, 0.15) is 6.04 Å². The first-order valence-corrected chi connectivity index (χ1v) is 8.15. The third kappa shape index (κ3) is 5.20. The molecule has 0 aliphatic carbocycles. The first-order valence-electron chi connectivity index (χ1n) is 6.75. The number of esters is 1. The second-order valence-corrected chi connectivity index (χ2v) is 5.95. The van der Waals surface area contributed by atoms with Gasteiger partial charge in [-0.05, 0) is 32.3 Å². The Morgan fingerprint density at radius 1 is 1.40 bits per heavy atom. The van der Waals surface area contributed by atoms with Gasteiger partial charge in [0.25, 0.3) is 0 Å². The summed E-state index contributed by atoms with van der Waals surface area (Å²) in [6, 6.07) is -0.822. The van der Waals surface area contributed by atoms with Crippen molar-refractivity contribution >= 4 is 23.8 Å². The van der Waals surface area contributed by atoms with Gasteiger partial charge in [0.05, 0.1) is 19.3 Å². The van der Waals surface area contributed by atoms with Crippen molar-refractivity contribution in [2.24, 2.45) is 0 Å². The molecule has 1 fully saturated rings. The van der Waals surface area contributed by atoms with Crippen molar-refractivity contribution in [2.45, 2.75) is 38.5 Å². The van der Waals surface area contributed by atoms with E-state index in [1.54, 1.807) is 16.7 Å². The molecule has 0 aromatic heterocycles. The third-order valence-corrected chi connectivity index (χ3v) is 3.74. The predicted molar refractivity (Wildman–Crippen MR) is 78.9 cm³/mol. The van der Waals surface area contributed by atoms with Gasteiger partial charge in [-0.3, -0.25) is 0 Å². The van der Waals surface area contributed by atoms with E-state index in [2.05, 4.69) is 5.32 Å². The van der Waals surface area contributed by atoms with E-state index >= 15 is 0 Å². The molecular weight excluding hydrogens is 280 g/mol.